The van der Waals surface area contributed by atoms with Gasteiger partial charge in [-0.3, -0.25) is 4.90 Å². The van der Waals surface area contributed by atoms with Gasteiger partial charge in [0.15, 0.2) is 0 Å². The lowest BCUT2D eigenvalue weighted by atomic mass is 10.1. The smallest absolute Gasteiger partial charge is 0.323 e. The van der Waals surface area contributed by atoms with Crippen LogP contribution in [0.15, 0.2) is 27.9 Å². The van der Waals surface area contributed by atoms with Gasteiger partial charge in [-0.2, -0.15) is 4.31 Å². The minimum Gasteiger partial charge on any atom is -0.396 e. The quantitative estimate of drug-likeness (QED) is 0.710. The number of nitrogens with one attached hydrogen (secondary N) is 2. The average Bonchev–Trinajstić information content (AvgIpc) is 3.17. The Morgan fingerprint density at radius 1 is 1.20 bits per heavy atom. The van der Waals surface area contributed by atoms with E-state index >= 15 is 0 Å². The molecule has 2 aromatic rings. The second kappa shape index (κ2) is 6.24. The number of aliphatic hydroxyl groups excluding tert-OH is 1. The molecular formula is C16H22N4O4S. The molecule has 0 spiro atoms. The van der Waals surface area contributed by atoms with Crippen LogP contribution in [0, 0.1) is 0 Å². The van der Waals surface area contributed by atoms with Gasteiger partial charge in [-0.1, -0.05) is 0 Å². The first-order valence-corrected chi connectivity index (χ1v) is 10.0. The van der Waals surface area contributed by atoms with E-state index in [-0.39, 0.29) is 29.3 Å². The lowest BCUT2D eigenvalue weighted by Crippen LogP contribution is -2.57. The summed E-state index contributed by atoms with van der Waals surface area (Å²) in [5, 5.41) is 9.37. The maximum atomic E-state index is 13.2. The van der Waals surface area contributed by atoms with Crippen molar-refractivity contribution in [2.45, 2.75) is 36.2 Å². The van der Waals surface area contributed by atoms with E-state index in [9.17, 15) is 18.3 Å². The molecule has 2 fully saturated rings. The van der Waals surface area contributed by atoms with Gasteiger partial charge in [0, 0.05) is 31.8 Å². The zero-order valence-electron chi connectivity index (χ0n) is 13.8. The predicted octanol–water partition coefficient (Wildman–Crippen LogP) is 0.0759. The van der Waals surface area contributed by atoms with Crippen molar-refractivity contribution in [2.24, 2.45) is 0 Å². The Labute approximate surface area is 145 Å². The Bertz CT molecular complexity index is 935. The van der Waals surface area contributed by atoms with Crippen molar-refractivity contribution in [3.8, 4) is 0 Å². The Morgan fingerprint density at radius 2 is 2.00 bits per heavy atom. The fraction of sp³-hybridized carbons (Fsp3) is 0.562. The number of aromatic nitrogens is 2. The number of benzene rings is 1. The summed E-state index contributed by atoms with van der Waals surface area (Å²) < 4.78 is 28.0. The molecule has 2 atom stereocenters. The highest BCUT2D eigenvalue weighted by atomic mass is 32.2. The van der Waals surface area contributed by atoms with Crippen LogP contribution < -0.4 is 5.69 Å². The molecule has 0 bridgehead atoms. The normalized spacial score (nSPS) is 25.5. The Hall–Kier alpha value is -1.68. The number of aromatic amines is 2. The maximum absolute atomic E-state index is 13.2. The van der Waals surface area contributed by atoms with Gasteiger partial charge < -0.3 is 15.1 Å². The van der Waals surface area contributed by atoms with Gasteiger partial charge in [0.25, 0.3) is 0 Å². The highest BCUT2D eigenvalue weighted by molar-refractivity contribution is 7.89. The molecule has 3 N–H and O–H groups in total. The van der Waals surface area contributed by atoms with Crippen LogP contribution in [0.4, 0.5) is 0 Å². The first-order chi connectivity index (χ1) is 12.0. The number of rotatable bonds is 4. The number of aliphatic hydroxyl groups is 1. The van der Waals surface area contributed by atoms with E-state index in [2.05, 4.69) is 14.9 Å². The third-order valence-electron chi connectivity index (χ3n) is 5.30. The van der Waals surface area contributed by atoms with Crippen LogP contribution in [-0.4, -0.2) is 71.0 Å². The first-order valence-electron chi connectivity index (χ1n) is 8.58. The number of piperazine rings is 1. The molecule has 9 heteroatoms. The third kappa shape index (κ3) is 2.91. The summed E-state index contributed by atoms with van der Waals surface area (Å²) in [4.78, 5) is 19.1. The second-order valence-electron chi connectivity index (χ2n) is 6.82. The Morgan fingerprint density at radius 3 is 2.80 bits per heavy atom. The molecule has 2 aliphatic heterocycles. The van der Waals surface area contributed by atoms with E-state index in [0.717, 1.165) is 19.4 Å². The van der Waals surface area contributed by atoms with Gasteiger partial charge in [-0.05, 0) is 44.0 Å². The monoisotopic (exact) mass is 366 g/mol. The SMILES string of the molecule is O=c1[nH]c2ccc(S(=O)(=O)N3C[C@H]4CCCN4C[C@@H]3CCO)cc2[nH]1. The molecule has 8 nitrogen and oxygen atoms in total. The van der Waals surface area contributed by atoms with Gasteiger partial charge in [0.2, 0.25) is 10.0 Å². The summed E-state index contributed by atoms with van der Waals surface area (Å²) in [6.07, 6.45) is 2.51. The van der Waals surface area contributed by atoms with Gasteiger partial charge in [0.05, 0.1) is 15.9 Å². The molecule has 2 aliphatic rings. The minimum atomic E-state index is -3.69. The molecule has 1 aromatic heterocycles. The topological polar surface area (TPSA) is 110 Å². The third-order valence-corrected chi connectivity index (χ3v) is 7.21. The number of H-pyrrole nitrogens is 2. The van der Waals surface area contributed by atoms with E-state index in [0.29, 0.717) is 30.5 Å². The van der Waals surface area contributed by atoms with Crippen LogP contribution in [-0.2, 0) is 10.0 Å². The summed E-state index contributed by atoms with van der Waals surface area (Å²) in [7, 11) is -3.69. The molecule has 1 aromatic carbocycles. The largest absolute Gasteiger partial charge is 0.396 e. The van der Waals surface area contributed by atoms with E-state index in [4.69, 9.17) is 0 Å². The molecular weight excluding hydrogens is 344 g/mol. The van der Waals surface area contributed by atoms with Crippen LogP contribution in [0.5, 0.6) is 0 Å². The van der Waals surface area contributed by atoms with Crippen molar-refractivity contribution in [3.63, 3.8) is 0 Å². The van der Waals surface area contributed by atoms with Gasteiger partial charge in [0.1, 0.15) is 0 Å². The zero-order chi connectivity index (χ0) is 17.6. The van der Waals surface area contributed by atoms with Crippen LogP contribution in [0.3, 0.4) is 0 Å². The molecule has 25 heavy (non-hydrogen) atoms. The summed E-state index contributed by atoms with van der Waals surface area (Å²) in [6, 6.07) is 4.65. The number of hydrogen-bond acceptors (Lipinski definition) is 5. The number of imidazole rings is 1. The number of fused-ring (bicyclic) bond motifs is 2. The van der Waals surface area contributed by atoms with E-state index in [1.165, 1.54) is 12.1 Å². The predicted molar refractivity (Wildman–Crippen MR) is 92.9 cm³/mol. The highest BCUT2D eigenvalue weighted by Gasteiger charge is 2.41. The van der Waals surface area contributed by atoms with Crippen molar-refractivity contribution in [1.29, 1.82) is 0 Å². The summed E-state index contributed by atoms with van der Waals surface area (Å²) >= 11 is 0. The van der Waals surface area contributed by atoms with E-state index in [1.807, 2.05) is 0 Å². The first kappa shape index (κ1) is 16.8. The Kier molecular flexibility index (Phi) is 4.19. The zero-order valence-corrected chi connectivity index (χ0v) is 14.6. The van der Waals surface area contributed by atoms with Crippen molar-refractivity contribution < 1.29 is 13.5 Å². The van der Waals surface area contributed by atoms with Crippen molar-refractivity contribution in [1.82, 2.24) is 19.2 Å². The highest BCUT2D eigenvalue weighted by Crippen LogP contribution is 2.30. The summed E-state index contributed by atoms with van der Waals surface area (Å²) in [5.41, 5.74) is 0.697. The van der Waals surface area contributed by atoms with Crippen molar-refractivity contribution >= 4 is 21.1 Å². The van der Waals surface area contributed by atoms with Crippen LogP contribution >= 0.6 is 0 Å². The van der Waals surface area contributed by atoms with Gasteiger partial charge in [-0.25, -0.2) is 13.2 Å². The fourth-order valence-electron chi connectivity index (χ4n) is 4.05. The number of hydrogen-bond donors (Lipinski definition) is 3. The second-order valence-corrected chi connectivity index (χ2v) is 8.71. The molecule has 4 rings (SSSR count). The molecule has 0 radical (unpaired) electrons. The molecule has 2 saturated heterocycles. The van der Waals surface area contributed by atoms with Gasteiger partial charge >= 0.3 is 5.69 Å². The average molecular weight is 366 g/mol. The fourth-order valence-corrected chi connectivity index (χ4v) is 5.76. The maximum Gasteiger partial charge on any atom is 0.323 e. The van der Waals surface area contributed by atoms with Crippen LogP contribution in [0.1, 0.15) is 19.3 Å². The molecule has 136 valence electrons. The van der Waals surface area contributed by atoms with Crippen molar-refractivity contribution in [3.05, 3.63) is 28.7 Å². The van der Waals surface area contributed by atoms with E-state index < -0.39 is 10.0 Å². The molecule has 0 unspecified atom stereocenters. The van der Waals surface area contributed by atoms with Crippen LogP contribution in [0.25, 0.3) is 11.0 Å². The number of nitrogens with zero attached hydrogens (tertiary/aromatic N) is 2. The molecule has 0 amide bonds. The molecule has 3 heterocycles. The van der Waals surface area contributed by atoms with Crippen molar-refractivity contribution in [2.75, 3.05) is 26.2 Å². The molecule has 0 saturated carbocycles. The standard InChI is InChI=1S/C16H22N4O4S/c21-7-5-12-9-19-6-1-2-11(19)10-20(12)25(23,24)13-3-4-14-15(8-13)18-16(22)17-14/h3-4,8,11-12,21H,1-2,5-7,9-10H2,(H2,17,18,22)/t11-,12+/m1/s1. The lowest BCUT2D eigenvalue weighted by molar-refractivity contribution is 0.0924. The van der Waals surface area contributed by atoms with Gasteiger partial charge in [-0.15, -0.1) is 0 Å². The van der Waals surface area contributed by atoms with Crippen LogP contribution in [0.2, 0.25) is 0 Å². The summed E-state index contributed by atoms with van der Waals surface area (Å²) in [6.45, 7) is 2.07. The molecule has 0 aliphatic carbocycles. The number of sulfonamides is 1. The minimum absolute atomic E-state index is 0.0423. The van der Waals surface area contributed by atoms with E-state index in [1.54, 1.807) is 10.4 Å². The lowest BCUT2D eigenvalue weighted by Gasteiger charge is -2.42. The summed E-state index contributed by atoms with van der Waals surface area (Å²) in [5.74, 6) is 0. The Balaban J connectivity index is 1.71.